The summed E-state index contributed by atoms with van der Waals surface area (Å²) >= 11 is 0. The van der Waals surface area contributed by atoms with E-state index >= 15 is 0 Å². The second-order valence-corrected chi connectivity index (χ2v) is 3.95. The summed E-state index contributed by atoms with van der Waals surface area (Å²) in [5.74, 6) is 1.05. The van der Waals surface area contributed by atoms with E-state index in [4.69, 9.17) is 4.52 Å². The largest absolute Gasteiger partial charge is 0.360 e. The van der Waals surface area contributed by atoms with E-state index in [1.54, 1.807) is 13.0 Å². The molecule has 2 N–H and O–H groups in total. The Morgan fingerprint density at radius 2 is 2.20 bits per heavy atom. The van der Waals surface area contributed by atoms with Crippen molar-refractivity contribution in [3.8, 4) is 0 Å². The lowest BCUT2D eigenvalue weighted by Crippen LogP contribution is -2.10. The number of rotatable bonds is 6. The van der Waals surface area contributed by atoms with Crippen LogP contribution in [-0.2, 0) is 6.54 Å². The molecule has 0 bridgehead atoms. The summed E-state index contributed by atoms with van der Waals surface area (Å²) in [5, 5.41) is 20.5. The summed E-state index contributed by atoms with van der Waals surface area (Å²) in [6.07, 6.45) is 1.50. The summed E-state index contributed by atoms with van der Waals surface area (Å²) < 4.78 is 4.92. The van der Waals surface area contributed by atoms with Gasteiger partial charge in [0.15, 0.2) is 5.76 Å². The second-order valence-electron chi connectivity index (χ2n) is 3.95. The van der Waals surface area contributed by atoms with Gasteiger partial charge in [-0.3, -0.25) is 10.1 Å². The summed E-state index contributed by atoms with van der Waals surface area (Å²) in [5.41, 5.74) is 0.146. The van der Waals surface area contributed by atoms with Crippen LogP contribution in [0, 0.1) is 17.0 Å². The molecule has 2 rings (SSSR count). The van der Waals surface area contributed by atoms with Crippen LogP contribution in [0.1, 0.15) is 18.4 Å². The van der Waals surface area contributed by atoms with Crippen LogP contribution in [0.25, 0.3) is 0 Å². The molecule has 0 radical (unpaired) electrons. The number of aromatic nitrogens is 3. The maximum Gasteiger partial charge on any atom is 0.332 e. The van der Waals surface area contributed by atoms with Crippen LogP contribution in [0.3, 0.4) is 0 Å². The Morgan fingerprint density at radius 3 is 2.80 bits per heavy atom. The van der Waals surface area contributed by atoms with Gasteiger partial charge < -0.3 is 15.2 Å². The van der Waals surface area contributed by atoms with Crippen molar-refractivity contribution in [2.75, 3.05) is 17.2 Å². The van der Waals surface area contributed by atoms with E-state index < -0.39 is 4.92 Å². The Balaban J connectivity index is 2.29. The molecule has 2 aromatic rings. The number of hydrogen-bond donors (Lipinski definition) is 2. The van der Waals surface area contributed by atoms with Gasteiger partial charge >= 0.3 is 5.69 Å². The van der Waals surface area contributed by atoms with Crippen molar-refractivity contribution in [1.29, 1.82) is 0 Å². The molecule has 0 aromatic carbocycles. The smallest absolute Gasteiger partial charge is 0.332 e. The van der Waals surface area contributed by atoms with Gasteiger partial charge in [-0.25, -0.2) is 4.98 Å². The number of nitrogens with zero attached hydrogens (tertiary/aromatic N) is 4. The van der Waals surface area contributed by atoms with Crippen molar-refractivity contribution in [3.63, 3.8) is 0 Å². The number of hydrogen-bond acceptors (Lipinski definition) is 8. The fourth-order valence-electron chi connectivity index (χ4n) is 1.65. The minimum atomic E-state index is -0.506. The molecule has 0 atom stereocenters. The Bertz CT molecular complexity index is 598. The maximum atomic E-state index is 11.1. The topological polar surface area (TPSA) is 119 Å². The third-order valence-corrected chi connectivity index (χ3v) is 2.50. The molecule has 106 valence electrons. The van der Waals surface area contributed by atoms with Crippen LogP contribution in [0.4, 0.5) is 17.5 Å². The lowest BCUT2D eigenvalue weighted by atomic mass is 10.3. The molecule has 9 heteroatoms. The van der Waals surface area contributed by atoms with Crippen LogP contribution >= 0.6 is 0 Å². The minimum absolute atomic E-state index is 0.147. The van der Waals surface area contributed by atoms with E-state index in [0.717, 1.165) is 0 Å². The second kappa shape index (κ2) is 5.95. The normalized spacial score (nSPS) is 10.3. The van der Waals surface area contributed by atoms with Crippen molar-refractivity contribution >= 4 is 17.5 Å². The standard InChI is InChI=1S/C11H14N6O3/c1-3-12-11-15-7(2)9(17(18)19)10(16-11)13-6-8-4-5-14-20-8/h4-5H,3,6H2,1-2H3,(H2,12,13,15,16). The fourth-order valence-corrected chi connectivity index (χ4v) is 1.65. The molecular formula is C11H14N6O3. The van der Waals surface area contributed by atoms with Gasteiger partial charge in [-0.15, -0.1) is 0 Å². The first kappa shape index (κ1) is 13.7. The molecule has 0 saturated carbocycles. The van der Waals surface area contributed by atoms with Crippen molar-refractivity contribution in [3.05, 3.63) is 33.8 Å². The van der Waals surface area contributed by atoms with E-state index in [1.165, 1.54) is 6.20 Å². The molecule has 0 spiro atoms. The molecule has 0 amide bonds. The SMILES string of the molecule is CCNc1nc(C)c([N+](=O)[O-])c(NCc2ccno2)n1. The Kier molecular flexibility index (Phi) is 4.08. The van der Waals surface area contributed by atoms with Gasteiger partial charge in [-0.1, -0.05) is 5.16 Å². The minimum Gasteiger partial charge on any atom is -0.360 e. The van der Waals surface area contributed by atoms with Crippen molar-refractivity contribution in [1.82, 2.24) is 15.1 Å². The molecule has 0 fully saturated rings. The van der Waals surface area contributed by atoms with Gasteiger partial charge in [-0.2, -0.15) is 4.98 Å². The number of nitrogens with one attached hydrogen (secondary N) is 2. The third-order valence-electron chi connectivity index (χ3n) is 2.50. The van der Waals surface area contributed by atoms with Gasteiger partial charge in [0.05, 0.1) is 17.7 Å². The van der Waals surface area contributed by atoms with E-state index in [2.05, 4.69) is 25.8 Å². The van der Waals surface area contributed by atoms with E-state index in [9.17, 15) is 10.1 Å². The summed E-state index contributed by atoms with van der Waals surface area (Å²) in [7, 11) is 0. The zero-order chi connectivity index (χ0) is 14.5. The highest BCUT2D eigenvalue weighted by Gasteiger charge is 2.22. The van der Waals surface area contributed by atoms with Gasteiger partial charge in [0.2, 0.25) is 11.8 Å². The summed E-state index contributed by atoms with van der Waals surface area (Å²) in [4.78, 5) is 18.8. The molecule has 20 heavy (non-hydrogen) atoms. The predicted molar refractivity (Wildman–Crippen MR) is 71.4 cm³/mol. The summed E-state index contributed by atoms with van der Waals surface area (Å²) in [6, 6.07) is 1.66. The first-order valence-electron chi connectivity index (χ1n) is 6.02. The molecular weight excluding hydrogens is 264 g/mol. The predicted octanol–water partition coefficient (Wildman–Crippen LogP) is 1.73. The van der Waals surface area contributed by atoms with Crippen LogP contribution < -0.4 is 10.6 Å². The molecule has 0 saturated heterocycles. The average Bonchev–Trinajstić information content (AvgIpc) is 2.88. The molecule has 2 aromatic heterocycles. The zero-order valence-electron chi connectivity index (χ0n) is 11.1. The average molecular weight is 278 g/mol. The van der Waals surface area contributed by atoms with Gasteiger partial charge in [-0.05, 0) is 13.8 Å². The fraction of sp³-hybridized carbons (Fsp3) is 0.364. The quantitative estimate of drug-likeness (QED) is 0.605. The Labute approximate surface area is 114 Å². The highest BCUT2D eigenvalue weighted by atomic mass is 16.6. The van der Waals surface area contributed by atoms with Crippen molar-refractivity contribution < 1.29 is 9.45 Å². The molecule has 0 unspecified atom stereocenters. The number of aryl methyl sites for hydroxylation is 1. The van der Waals surface area contributed by atoms with Crippen LogP contribution in [0.2, 0.25) is 0 Å². The maximum absolute atomic E-state index is 11.1. The summed E-state index contributed by atoms with van der Waals surface area (Å²) in [6.45, 7) is 4.34. The van der Waals surface area contributed by atoms with Gasteiger partial charge in [0.25, 0.3) is 0 Å². The monoisotopic (exact) mass is 278 g/mol. The highest BCUT2D eigenvalue weighted by molar-refractivity contribution is 5.60. The van der Waals surface area contributed by atoms with Crippen LogP contribution in [-0.4, -0.2) is 26.6 Å². The lowest BCUT2D eigenvalue weighted by molar-refractivity contribution is -0.385. The molecule has 0 aliphatic heterocycles. The van der Waals surface area contributed by atoms with Gasteiger partial charge in [0.1, 0.15) is 5.69 Å². The first-order chi connectivity index (χ1) is 9.61. The van der Waals surface area contributed by atoms with Gasteiger partial charge in [0, 0.05) is 12.6 Å². The molecule has 9 nitrogen and oxygen atoms in total. The van der Waals surface area contributed by atoms with Crippen LogP contribution in [0.5, 0.6) is 0 Å². The van der Waals surface area contributed by atoms with E-state index in [0.29, 0.717) is 23.9 Å². The molecule has 0 aliphatic carbocycles. The first-order valence-corrected chi connectivity index (χ1v) is 6.02. The Hall–Kier alpha value is -2.71. The molecule has 0 aliphatic rings. The molecule has 2 heterocycles. The Morgan fingerprint density at radius 1 is 1.40 bits per heavy atom. The number of nitro groups is 1. The van der Waals surface area contributed by atoms with Crippen molar-refractivity contribution in [2.45, 2.75) is 20.4 Å². The van der Waals surface area contributed by atoms with E-state index in [-0.39, 0.29) is 18.1 Å². The lowest BCUT2D eigenvalue weighted by Gasteiger charge is -2.09. The zero-order valence-corrected chi connectivity index (χ0v) is 11.1. The van der Waals surface area contributed by atoms with E-state index in [1.807, 2.05) is 6.92 Å². The third kappa shape index (κ3) is 2.99. The number of anilines is 2. The highest BCUT2D eigenvalue weighted by Crippen LogP contribution is 2.26. The van der Waals surface area contributed by atoms with Crippen molar-refractivity contribution in [2.24, 2.45) is 0 Å². The van der Waals surface area contributed by atoms with Crippen LogP contribution in [0.15, 0.2) is 16.8 Å².